The Bertz CT molecular complexity index is 742. The normalized spacial score (nSPS) is 13.2. The molecule has 0 aliphatic carbocycles. The number of amides is 1. The lowest BCUT2D eigenvalue weighted by molar-refractivity contribution is 0.0975. The summed E-state index contributed by atoms with van der Waals surface area (Å²) in [5.41, 5.74) is 0.208. The summed E-state index contributed by atoms with van der Waals surface area (Å²) in [5.74, 6) is -0.268. The van der Waals surface area contributed by atoms with Crippen molar-refractivity contribution in [2.75, 3.05) is 13.2 Å². The number of hydrogen-bond donors (Lipinski definition) is 4. The number of carbonyl (C=O) groups excluding carboxylic acids is 1. The molecule has 0 fully saturated rings. The number of amidine groups is 1. The van der Waals surface area contributed by atoms with Crippen LogP contribution in [0.4, 0.5) is 0 Å². The molecule has 4 N–H and O–H groups in total. The Hall–Kier alpha value is -2.32. The minimum Gasteiger partial charge on any atom is -0.508 e. The maximum atomic E-state index is 12.4. The molecule has 0 saturated carbocycles. The van der Waals surface area contributed by atoms with Crippen LogP contribution in [0.3, 0.4) is 0 Å². The summed E-state index contributed by atoms with van der Waals surface area (Å²) in [7, 11) is -1.89. The van der Waals surface area contributed by atoms with Crippen LogP contribution in [0.2, 0.25) is 18.1 Å². The van der Waals surface area contributed by atoms with Crippen LogP contribution in [-0.4, -0.2) is 44.4 Å². The van der Waals surface area contributed by atoms with Gasteiger partial charge in [-0.25, -0.2) is 0 Å². The summed E-state index contributed by atoms with van der Waals surface area (Å²) in [6.07, 6.45) is 2.79. The van der Waals surface area contributed by atoms with Gasteiger partial charge in [0.1, 0.15) is 23.4 Å². The standard InChI is InChI=1S/C21H35N3O4Si/c1-8-23-10-9-19(22)24-20(26)16-11-17(25)13-18(12-16)28-15(2)14-27-29(6,7)21(3,4)5/h9-13,15,23,25H,8,14H2,1-7H3,(H2,22,24,26)/b10-9-/t15-/m0/s1. The third-order valence-electron chi connectivity index (χ3n) is 4.80. The maximum absolute atomic E-state index is 12.4. The summed E-state index contributed by atoms with van der Waals surface area (Å²) in [6, 6.07) is 4.33. The molecule has 7 nitrogen and oxygen atoms in total. The highest BCUT2D eigenvalue weighted by Crippen LogP contribution is 2.36. The average molecular weight is 422 g/mol. The molecule has 1 amide bonds. The molecule has 0 heterocycles. The third kappa shape index (κ3) is 8.29. The van der Waals surface area contributed by atoms with E-state index in [4.69, 9.17) is 14.6 Å². The van der Waals surface area contributed by atoms with Crippen LogP contribution in [0.25, 0.3) is 0 Å². The van der Waals surface area contributed by atoms with E-state index in [0.29, 0.717) is 12.4 Å². The van der Waals surface area contributed by atoms with Crippen molar-refractivity contribution >= 4 is 20.1 Å². The van der Waals surface area contributed by atoms with Crippen molar-refractivity contribution in [3.8, 4) is 11.5 Å². The smallest absolute Gasteiger partial charge is 0.257 e. The molecule has 0 bridgehead atoms. The molecular weight excluding hydrogens is 386 g/mol. The van der Waals surface area contributed by atoms with E-state index in [2.05, 4.69) is 44.5 Å². The molecule has 1 rings (SSSR count). The number of hydrogen-bond acceptors (Lipinski definition) is 6. The Labute approximate surface area is 175 Å². The van der Waals surface area contributed by atoms with Crippen molar-refractivity contribution in [3.63, 3.8) is 0 Å². The van der Waals surface area contributed by atoms with Gasteiger partial charge in [-0.05, 0) is 50.2 Å². The monoisotopic (exact) mass is 421 g/mol. The van der Waals surface area contributed by atoms with Crippen LogP contribution in [-0.2, 0) is 4.43 Å². The lowest BCUT2D eigenvalue weighted by Crippen LogP contribution is -2.43. The first-order valence-electron chi connectivity index (χ1n) is 9.80. The fourth-order valence-corrected chi connectivity index (χ4v) is 3.17. The lowest BCUT2D eigenvalue weighted by atomic mass is 10.2. The van der Waals surface area contributed by atoms with E-state index in [1.165, 1.54) is 18.2 Å². The van der Waals surface area contributed by atoms with Crippen LogP contribution in [0.1, 0.15) is 45.0 Å². The second kappa shape index (κ2) is 10.5. The number of benzene rings is 1. The highest BCUT2D eigenvalue weighted by Gasteiger charge is 2.37. The Balaban J connectivity index is 2.76. The molecule has 0 saturated heterocycles. The Morgan fingerprint density at radius 2 is 1.97 bits per heavy atom. The number of nitrogens with one attached hydrogen (secondary N) is 3. The highest BCUT2D eigenvalue weighted by molar-refractivity contribution is 6.74. The molecule has 29 heavy (non-hydrogen) atoms. The summed E-state index contributed by atoms with van der Waals surface area (Å²) in [5, 5.41) is 23.2. The molecule has 0 aliphatic rings. The van der Waals surface area contributed by atoms with Gasteiger partial charge in [-0.3, -0.25) is 10.2 Å². The van der Waals surface area contributed by atoms with Gasteiger partial charge in [0.25, 0.3) is 5.91 Å². The van der Waals surface area contributed by atoms with Crippen molar-refractivity contribution in [1.82, 2.24) is 10.6 Å². The number of carbonyl (C=O) groups is 1. The average Bonchev–Trinajstić information content (AvgIpc) is 2.58. The topological polar surface area (TPSA) is 104 Å². The van der Waals surface area contributed by atoms with E-state index in [9.17, 15) is 9.90 Å². The van der Waals surface area contributed by atoms with Gasteiger partial charge in [0.05, 0.1) is 6.61 Å². The summed E-state index contributed by atoms with van der Waals surface area (Å²) < 4.78 is 12.0. The van der Waals surface area contributed by atoms with Gasteiger partial charge in [0, 0.05) is 24.4 Å². The Morgan fingerprint density at radius 3 is 2.55 bits per heavy atom. The van der Waals surface area contributed by atoms with Gasteiger partial charge in [0.15, 0.2) is 8.32 Å². The van der Waals surface area contributed by atoms with Gasteiger partial charge in [-0.2, -0.15) is 0 Å². The van der Waals surface area contributed by atoms with Crippen molar-refractivity contribution in [2.45, 2.75) is 58.9 Å². The largest absolute Gasteiger partial charge is 0.508 e. The number of aromatic hydroxyl groups is 1. The first-order chi connectivity index (χ1) is 13.4. The first kappa shape index (κ1) is 24.7. The lowest BCUT2D eigenvalue weighted by Gasteiger charge is -2.36. The predicted octanol–water partition coefficient (Wildman–Crippen LogP) is 4.01. The van der Waals surface area contributed by atoms with Crippen LogP contribution >= 0.6 is 0 Å². The van der Waals surface area contributed by atoms with E-state index in [0.717, 1.165) is 6.54 Å². The Kier molecular flexibility index (Phi) is 8.91. The van der Waals surface area contributed by atoms with E-state index >= 15 is 0 Å². The Morgan fingerprint density at radius 1 is 1.31 bits per heavy atom. The van der Waals surface area contributed by atoms with Crippen LogP contribution in [0, 0.1) is 5.41 Å². The van der Waals surface area contributed by atoms with E-state index < -0.39 is 14.2 Å². The number of ether oxygens (including phenoxy) is 1. The second-order valence-electron chi connectivity index (χ2n) is 8.47. The van der Waals surface area contributed by atoms with Crippen molar-refractivity contribution < 1.29 is 19.1 Å². The predicted molar refractivity (Wildman–Crippen MR) is 119 cm³/mol. The van der Waals surface area contributed by atoms with Gasteiger partial charge in [0.2, 0.25) is 0 Å². The third-order valence-corrected chi connectivity index (χ3v) is 9.30. The summed E-state index contributed by atoms with van der Waals surface area (Å²) >= 11 is 0. The molecule has 0 unspecified atom stereocenters. The van der Waals surface area contributed by atoms with E-state index in [1.807, 2.05) is 13.8 Å². The highest BCUT2D eigenvalue weighted by atomic mass is 28.4. The zero-order valence-corrected chi connectivity index (χ0v) is 19.6. The summed E-state index contributed by atoms with van der Waals surface area (Å²) in [6.45, 7) is 15.8. The van der Waals surface area contributed by atoms with Gasteiger partial charge < -0.3 is 24.9 Å². The molecule has 0 aliphatic heterocycles. The molecule has 162 valence electrons. The number of rotatable bonds is 9. The first-order valence-corrected chi connectivity index (χ1v) is 12.7. The molecule has 1 aromatic rings. The molecule has 0 radical (unpaired) electrons. The number of phenols is 1. The van der Waals surface area contributed by atoms with E-state index in [-0.39, 0.29) is 28.3 Å². The zero-order chi connectivity index (χ0) is 22.2. The van der Waals surface area contributed by atoms with Gasteiger partial charge >= 0.3 is 0 Å². The molecule has 1 aromatic carbocycles. The van der Waals surface area contributed by atoms with E-state index in [1.54, 1.807) is 12.3 Å². The van der Waals surface area contributed by atoms with Crippen molar-refractivity contribution in [2.24, 2.45) is 0 Å². The quantitative estimate of drug-likeness (QED) is 0.274. The molecule has 0 aromatic heterocycles. The molecule has 8 heteroatoms. The van der Waals surface area contributed by atoms with Gasteiger partial charge in [-0.1, -0.05) is 20.8 Å². The SMILES string of the molecule is CCN/C=C\C(=N)NC(=O)c1cc(O)cc(O[C@@H](C)CO[Si](C)(C)C(C)(C)C)c1. The van der Waals surface area contributed by atoms with Crippen molar-refractivity contribution in [1.29, 1.82) is 5.41 Å². The summed E-state index contributed by atoms with van der Waals surface area (Å²) in [4.78, 5) is 12.4. The second-order valence-corrected chi connectivity index (χ2v) is 13.3. The minimum atomic E-state index is -1.89. The number of phenolic OH excluding ortho intramolecular Hbond substituents is 1. The van der Waals surface area contributed by atoms with Crippen LogP contribution < -0.4 is 15.4 Å². The van der Waals surface area contributed by atoms with Crippen LogP contribution in [0.15, 0.2) is 30.5 Å². The maximum Gasteiger partial charge on any atom is 0.257 e. The molecule has 0 spiro atoms. The fourth-order valence-electron chi connectivity index (χ4n) is 2.09. The minimum absolute atomic E-state index is 0.0575. The molecular formula is C21H35N3O4Si. The van der Waals surface area contributed by atoms with Gasteiger partial charge in [-0.15, -0.1) is 0 Å². The van der Waals surface area contributed by atoms with Crippen molar-refractivity contribution in [3.05, 3.63) is 36.0 Å². The van der Waals surface area contributed by atoms with Crippen LogP contribution in [0.5, 0.6) is 11.5 Å². The zero-order valence-electron chi connectivity index (χ0n) is 18.6. The molecule has 1 atom stereocenters. The fraction of sp³-hybridized carbons (Fsp3) is 0.524.